The van der Waals surface area contributed by atoms with Crippen molar-refractivity contribution in [2.24, 2.45) is 0 Å². The molecule has 0 aromatic carbocycles. The first-order chi connectivity index (χ1) is 12.0. The zero-order valence-electron chi connectivity index (χ0n) is 12.9. The van der Waals surface area contributed by atoms with Crippen molar-refractivity contribution < 1.29 is 33.4 Å². The Morgan fingerprint density at radius 1 is 1.23 bits per heavy atom. The van der Waals surface area contributed by atoms with Gasteiger partial charge in [-0.25, -0.2) is 15.0 Å². The molecule has 2 aromatic heterocycles. The summed E-state index contributed by atoms with van der Waals surface area (Å²) < 4.78 is 17.2. The van der Waals surface area contributed by atoms with Gasteiger partial charge in [0.25, 0.3) is 0 Å². The minimum Gasteiger partial charge on any atom is -0.382 e. The van der Waals surface area contributed by atoms with Crippen molar-refractivity contribution in [2.45, 2.75) is 24.9 Å². The van der Waals surface area contributed by atoms with Gasteiger partial charge < -0.3 is 39.1 Å². The second-order valence-electron chi connectivity index (χ2n) is 5.37. The van der Waals surface area contributed by atoms with Crippen molar-refractivity contribution >= 4 is 54.0 Å². The first-order valence-electron chi connectivity index (χ1n) is 7.06. The van der Waals surface area contributed by atoms with Crippen molar-refractivity contribution in [1.29, 1.82) is 0 Å². The van der Waals surface area contributed by atoms with Gasteiger partial charge in [0.15, 0.2) is 11.5 Å². The lowest BCUT2D eigenvalue weighted by molar-refractivity contribution is -0.0374. The molecule has 26 heavy (non-hydrogen) atoms. The molecule has 1 fully saturated rings. The van der Waals surface area contributed by atoms with Gasteiger partial charge in [0.1, 0.15) is 24.2 Å². The number of nitrogens with two attached hydrogens (primary N) is 1. The lowest BCUT2D eigenvalue weighted by atomic mass is 10.2. The second kappa shape index (κ2) is 7.41. The molecule has 0 spiro atoms. The van der Waals surface area contributed by atoms with Gasteiger partial charge >= 0.3 is 13.4 Å². The van der Waals surface area contributed by atoms with Crippen LogP contribution in [0.1, 0.15) is 12.6 Å². The molecule has 16 heteroatoms. The molecule has 0 amide bonds. The van der Waals surface area contributed by atoms with Crippen molar-refractivity contribution in [1.82, 2.24) is 19.5 Å². The van der Waals surface area contributed by atoms with Crippen LogP contribution < -0.4 is 5.73 Å². The zero-order valence-corrected chi connectivity index (χ0v) is 16.3. The molecule has 1 aliphatic rings. The first-order valence-corrected chi connectivity index (χ1v) is 12.3. The molecule has 2 aromatic rings. The molecular weight excluding hydrogens is 428 g/mol. The monoisotopic (exact) mass is 443 g/mol. The van der Waals surface area contributed by atoms with Gasteiger partial charge in [-0.05, 0) is 23.6 Å². The number of hydrogen-bond acceptors (Lipinski definition) is 9. The molecule has 0 radical (unpaired) electrons. The van der Waals surface area contributed by atoms with E-state index in [1.54, 1.807) is 4.57 Å². The number of aromatic nitrogens is 4. The smallest absolute Gasteiger partial charge is 0.322 e. The van der Waals surface area contributed by atoms with E-state index in [0.29, 0.717) is 11.2 Å². The Bertz CT molecular complexity index is 901. The molecule has 3 atom stereocenters. The Labute approximate surface area is 157 Å². The standard InChI is InChI=1S/C10H15N5O7P2S2/c11-9-8-10(13-3-12-9)15(4-14-8)7-1-5(22-24(18,19)26)6(21-7)2-20-23(16,17)25/h3-7H,1-2H2,(H2,11,12,13)(H2,16,17,25)(H2,18,19,26)/t5-,6+,7+/m0/s1. The fourth-order valence-electron chi connectivity index (χ4n) is 2.56. The molecule has 0 unspecified atom stereocenters. The highest BCUT2D eigenvalue weighted by molar-refractivity contribution is 8.07. The van der Waals surface area contributed by atoms with E-state index in [0.717, 1.165) is 0 Å². The van der Waals surface area contributed by atoms with E-state index in [4.69, 9.17) is 19.5 Å². The average Bonchev–Trinajstić information content (AvgIpc) is 3.07. The van der Waals surface area contributed by atoms with Gasteiger partial charge in [0.2, 0.25) is 0 Å². The molecule has 3 rings (SSSR count). The summed E-state index contributed by atoms with van der Waals surface area (Å²) in [5.41, 5.74) is 6.54. The molecule has 12 nitrogen and oxygen atoms in total. The molecule has 1 saturated heterocycles. The Morgan fingerprint density at radius 2 is 1.96 bits per heavy atom. The van der Waals surface area contributed by atoms with Crippen LogP contribution in [0.3, 0.4) is 0 Å². The van der Waals surface area contributed by atoms with Crippen LogP contribution in [0.2, 0.25) is 0 Å². The molecule has 0 bridgehead atoms. The zero-order chi connectivity index (χ0) is 19.1. The SMILES string of the molecule is Nc1ncnc2c1ncn2[C@H]1C[C@H](OP(O)(O)=S)[C@@H](COP(O)(O)=S)O1. The van der Waals surface area contributed by atoms with E-state index in [-0.39, 0.29) is 18.8 Å². The quantitative estimate of drug-likeness (QED) is 0.362. The normalized spacial score (nSPS) is 24.4. The summed E-state index contributed by atoms with van der Waals surface area (Å²) in [5, 5.41) is 0. The largest absolute Gasteiger partial charge is 0.382 e. The Hall–Kier alpha value is -0.630. The number of ether oxygens (including phenoxy) is 1. The van der Waals surface area contributed by atoms with Crippen LogP contribution >= 0.6 is 13.4 Å². The van der Waals surface area contributed by atoms with E-state index in [1.165, 1.54) is 12.7 Å². The van der Waals surface area contributed by atoms with Gasteiger partial charge in [-0.3, -0.25) is 4.57 Å². The fourth-order valence-corrected chi connectivity index (χ4v) is 3.99. The lowest BCUT2D eigenvalue weighted by Crippen LogP contribution is -2.28. The summed E-state index contributed by atoms with van der Waals surface area (Å²) in [5.74, 6) is 0.196. The predicted molar refractivity (Wildman–Crippen MR) is 96.5 cm³/mol. The average molecular weight is 443 g/mol. The highest BCUT2D eigenvalue weighted by atomic mass is 32.5. The number of imidazole rings is 1. The van der Waals surface area contributed by atoms with Gasteiger partial charge in [-0.15, -0.1) is 0 Å². The van der Waals surface area contributed by atoms with Crippen LogP contribution in [0.15, 0.2) is 12.7 Å². The number of hydrogen-bond donors (Lipinski definition) is 5. The van der Waals surface area contributed by atoms with E-state index < -0.39 is 31.9 Å². The summed E-state index contributed by atoms with van der Waals surface area (Å²) in [6.07, 6.45) is 0.400. The molecule has 144 valence electrons. The Morgan fingerprint density at radius 3 is 2.62 bits per heavy atom. The van der Waals surface area contributed by atoms with Crippen LogP contribution in [0.5, 0.6) is 0 Å². The van der Waals surface area contributed by atoms with Crippen LogP contribution in [0.25, 0.3) is 11.2 Å². The summed E-state index contributed by atoms with van der Waals surface area (Å²) in [4.78, 5) is 49.4. The maximum absolute atomic E-state index is 9.44. The number of anilines is 1. The van der Waals surface area contributed by atoms with E-state index in [9.17, 15) is 19.6 Å². The van der Waals surface area contributed by atoms with Crippen LogP contribution in [-0.4, -0.2) is 57.9 Å². The third kappa shape index (κ3) is 4.80. The van der Waals surface area contributed by atoms with Crippen molar-refractivity contribution in [2.75, 3.05) is 12.3 Å². The maximum atomic E-state index is 9.44. The summed E-state index contributed by atoms with van der Waals surface area (Å²) in [6, 6.07) is 0. The topological polar surface area (TPSA) is 178 Å². The third-order valence-corrected chi connectivity index (χ3v) is 5.16. The maximum Gasteiger partial charge on any atom is 0.322 e. The highest BCUT2D eigenvalue weighted by Gasteiger charge is 2.41. The minimum atomic E-state index is -3.99. The van der Waals surface area contributed by atoms with Crippen molar-refractivity contribution in [3.8, 4) is 0 Å². The summed E-state index contributed by atoms with van der Waals surface area (Å²) in [7, 11) is 0. The number of rotatable bonds is 6. The fraction of sp³-hybridized carbons (Fsp3) is 0.500. The van der Waals surface area contributed by atoms with Crippen molar-refractivity contribution in [3.63, 3.8) is 0 Å². The molecule has 6 N–H and O–H groups in total. The molecule has 0 saturated carbocycles. The Balaban J connectivity index is 1.85. The van der Waals surface area contributed by atoms with Gasteiger partial charge in [0, 0.05) is 6.42 Å². The molecule has 0 aliphatic carbocycles. The van der Waals surface area contributed by atoms with Crippen LogP contribution in [-0.2, 0) is 37.4 Å². The minimum absolute atomic E-state index is 0.142. The summed E-state index contributed by atoms with van der Waals surface area (Å²) >= 11 is 8.90. The van der Waals surface area contributed by atoms with Crippen LogP contribution in [0, 0.1) is 0 Å². The number of nitrogens with zero attached hydrogens (tertiary/aromatic N) is 4. The van der Waals surface area contributed by atoms with Crippen molar-refractivity contribution in [3.05, 3.63) is 12.7 Å². The molecular formula is C10H15N5O7P2S2. The number of fused-ring (bicyclic) bond motifs is 1. The molecule has 3 heterocycles. The summed E-state index contributed by atoms with van der Waals surface area (Å²) in [6.45, 7) is -8.26. The predicted octanol–water partition coefficient (Wildman–Crippen LogP) is -0.484. The molecule has 1 aliphatic heterocycles. The second-order valence-corrected chi connectivity index (χ2v) is 10.7. The lowest BCUT2D eigenvalue weighted by Gasteiger charge is -2.21. The first kappa shape index (κ1) is 20.1. The van der Waals surface area contributed by atoms with Gasteiger partial charge in [-0.2, -0.15) is 0 Å². The Kier molecular flexibility index (Phi) is 5.74. The third-order valence-electron chi connectivity index (χ3n) is 3.56. The van der Waals surface area contributed by atoms with Gasteiger partial charge in [0.05, 0.1) is 19.0 Å². The van der Waals surface area contributed by atoms with Crippen LogP contribution in [0.4, 0.5) is 5.82 Å². The number of nitrogen functional groups attached to an aromatic ring is 1. The van der Waals surface area contributed by atoms with E-state index in [2.05, 4.69) is 38.6 Å². The highest BCUT2D eigenvalue weighted by Crippen LogP contribution is 2.45. The van der Waals surface area contributed by atoms with E-state index >= 15 is 0 Å². The van der Waals surface area contributed by atoms with E-state index in [1.807, 2.05) is 0 Å². The van der Waals surface area contributed by atoms with Gasteiger partial charge in [-0.1, -0.05) is 0 Å².